The molecule has 104 valence electrons. The molecule has 0 bridgehead atoms. The van der Waals surface area contributed by atoms with Crippen LogP contribution in [-0.2, 0) is 4.79 Å². The Bertz CT molecular complexity index is 497. The van der Waals surface area contributed by atoms with Gasteiger partial charge in [0.25, 0.3) is 5.91 Å². The average molecular weight is 411 g/mol. The van der Waals surface area contributed by atoms with Crippen molar-refractivity contribution in [1.82, 2.24) is 4.90 Å². The molecule has 0 aliphatic heterocycles. The standard InChI is InChI=1S/C12H13Br2NO3S/c13-9-5-8(11(14)19-9)12(18)15(6-10(16)17)7-3-1-2-4-7/h5,7H,1-4,6H2,(H,16,17). The lowest BCUT2D eigenvalue weighted by Gasteiger charge is -2.27. The first-order valence-corrected chi connectivity index (χ1v) is 8.37. The molecule has 1 amide bonds. The molecule has 1 heterocycles. The van der Waals surface area contributed by atoms with E-state index in [1.165, 1.54) is 16.2 Å². The fraction of sp³-hybridized carbons (Fsp3) is 0.500. The van der Waals surface area contributed by atoms with Crippen LogP contribution in [0, 0.1) is 0 Å². The number of nitrogens with zero attached hydrogens (tertiary/aromatic N) is 1. The highest BCUT2D eigenvalue weighted by molar-refractivity contribution is 9.12. The molecule has 19 heavy (non-hydrogen) atoms. The monoisotopic (exact) mass is 409 g/mol. The number of rotatable bonds is 4. The van der Waals surface area contributed by atoms with Crippen molar-refractivity contribution >= 4 is 55.1 Å². The van der Waals surface area contributed by atoms with Crippen molar-refractivity contribution in [2.75, 3.05) is 6.54 Å². The van der Waals surface area contributed by atoms with Crippen LogP contribution < -0.4 is 0 Å². The maximum absolute atomic E-state index is 12.5. The van der Waals surface area contributed by atoms with Crippen molar-refractivity contribution in [2.45, 2.75) is 31.7 Å². The van der Waals surface area contributed by atoms with Crippen LogP contribution in [0.1, 0.15) is 36.0 Å². The predicted molar refractivity (Wildman–Crippen MR) is 80.6 cm³/mol. The number of carboxylic acids is 1. The number of amides is 1. The van der Waals surface area contributed by atoms with Gasteiger partial charge in [0.05, 0.1) is 13.1 Å². The van der Waals surface area contributed by atoms with E-state index in [2.05, 4.69) is 31.9 Å². The molecule has 0 unspecified atom stereocenters. The number of carbonyl (C=O) groups excluding carboxylic acids is 1. The van der Waals surface area contributed by atoms with Crippen molar-refractivity contribution in [3.63, 3.8) is 0 Å². The van der Waals surface area contributed by atoms with E-state index in [9.17, 15) is 9.59 Å². The Balaban J connectivity index is 2.24. The molecular formula is C12H13Br2NO3S. The maximum atomic E-state index is 12.5. The lowest BCUT2D eigenvalue weighted by atomic mass is 10.1. The number of hydrogen-bond acceptors (Lipinski definition) is 3. The highest BCUT2D eigenvalue weighted by Crippen LogP contribution is 2.34. The summed E-state index contributed by atoms with van der Waals surface area (Å²) >= 11 is 8.11. The maximum Gasteiger partial charge on any atom is 0.323 e. The van der Waals surface area contributed by atoms with Crippen molar-refractivity contribution in [1.29, 1.82) is 0 Å². The molecule has 1 aliphatic carbocycles. The summed E-state index contributed by atoms with van der Waals surface area (Å²) in [6, 6.07) is 1.79. The summed E-state index contributed by atoms with van der Waals surface area (Å²) in [7, 11) is 0. The van der Waals surface area contributed by atoms with Gasteiger partial charge in [-0.15, -0.1) is 11.3 Å². The number of halogens is 2. The molecular weight excluding hydrogens is 398 g/mol. The predicted octanol–water partition coefficient (Wildman–Crippen LogP) is 3.74. The van der Waals surface area contributed by atoms with Gasteiger partial charge in [0, 0.05) is 6.04 Å². The number of thiophene rings is 1. The molecule has 1 N–H and O–H groups in total. The quantitative estimate of drug-likeness (QED) is 0.822. The van der Waals surface area contributed by atoms with E-state index in [1.807, 2.05) is 0 Å². The van der Waals surface area contributed by atoms with E-state index in [0.29, 0.717) is 5.56 Å². The van der Waals surface area contributed by atoms with Gasteiger partial charge < -0.3 is 10.0 Å². The smallest absolute Gasteiger partial charge is 0.323 e. The van der Waals surface area contributed by atoms with E-state index in [1.54, 1.807) is 6.07 Å². The molecule has 0 spiro atoms. The fourth-order valence-electron chi connectivity index (χ4n) is 2.37. The Kier molecular flexibility index (Phi) is 5.03. The third-order valence-electron chi connectivity index (χ3n) is 3.22. The van der Waals surface area contributed by atoms with Crippen LogP contribution in [0.15, 0.2) is 13.6 Å². The van der Waals surface area contributed by atoms with Gasteiger partial charge >= 0.3 is 5.97 Å². The molecule has 1 fully saturated rings. The lowest BCUT2D eigenvalue weighted by Crippen LogP contribution is -2.42. The van der Waals surface area contributed by atoms with Gasteiger partial charge in [-0.2, -0.15) is 0 Å². The number of aliphatic carboxylic acids is 1. The van der Waals surface area contributed by atoms with Crippen LogP contribution in [-0.4, -0.2) is 34.5 Å². The van der Waals surface area contributed by atoms with Gasteiger partial charge in [-0.25, -0.2) is 0 Å². The molecule has 1 aliphatic rings. The minimum Gasteiger partial charge on any atom is -0.480 e. The molecule has 4 nitrogen and oxygen atoms in total. The Morgan fingerprint density at radius 1 is 1.37 bits per heavy atom. The number of carboxylic acid groups (broad SMARTS) is 1. The van der Waals surface area contributed by atoms with E-state index >= 15 is 0 Å². The van der Waals surface area contributed by atoms with Crippen LogP contribution in [0.4, 0.5) is 0 Å². The summed E-state index contributed by atoms with van der Waals surface area (Å²) < 4.78 is 1.59. The summed E-state index contributed by atoms with van der Waals surface area (Å²) in [4.78, 5) is 25.0. The van der Waals surface area contributed by atoms with Crippen LogP contribution in [0.5, 0.6) is 0 Å². The first-order valence-electron chi connectivity index (χ1n) is 5.96. The molecule has 0 saturated heterocycles. The molecule has 1 aromatic rings. The Morgan fingerprint density at radius 2 is 2.00 bits per heavy atom. The van der Waals surface area contributed by atoms with E-state index < -0.39 is 5.97 Å². The molecule has 0 aromatic carbocycles. The molecule has 7 heteroatoms. The normalized spacial score (nSPS) is 15.7. The lowest BCUT2D eigenvalue weighted by molar-refractivity contribution is -0.138. The van der Waals surface area contributed by atoms with Crippen molar-refractivity contribution in [3.05, 3.63) is 19.2 Å². The van der Waals surface area contributed by atoms with Crippen LogP contribution >= 0.6 is 43.2 Å². The molecule has 2 rings (SSSR count). The Morgan fingerprint density at radius 3 is 2.47 bits per heavy atom. The second-order valence-corrected chi connectivity index (χ2v) is 8.25. The Hall–Kier alpha value is -0.400. The van der Waals surface area contributed by atoms with Gasteiger partial charge in [-0.3, -0.25) is 9.59 Å². The van der Waals surface area contributed by atoms with Crippen molar-refractivity contribution in [2.24, 2.45) is 0 Å². The number of hydrogen-bond donors (Lipinski definition) is 1. The second kappa shape index (κ2) is 6.37. The molecule has 1 aromatic heterocycles. The zero-order chi connectivity index (χ0) is 14.0. The van der Waals surface area contributed by atoms with E-state index in [4.69, 9.17) is 5.11 Å². The first-order chi connectivity index (χ1) is 8.99. The van der Waals surface area contributed by atoms with Crippen LogP contribution in [0.3, 0.4) is 0 Å². The summed E-state index contributed by atoms with van der Waals surface area (Å²) in [5.41, 5.74) is 0.532. The van der Waals surface area contributed by atoms with Gasteiger partial charge in [0.15, 0.2) is 0 Å². The minimum atomic E-state index is -0.967. The van der Waals surface area contributed by atoms with E-state index in [0.717, 1.165) is 33.3 Å². The molecule has 1 saturated carbocycles. The summed E-state index contributed by atoms with van der Waals surface area (Å²) in [6.45, 7) is -0.233. The van der Waals surface area contributed by atoms with Gasteiger partial charge in [-0.05, 0) is 50.8 Å². The van der Waals surface area contributed by atoms with Crippen LogP contribution in [0.25, 0.3) is 0 Å². The zero-order valence-corrected chi connectivity index (χ0v) is 14.1. The second-order valence-electron chi connectivity index (χ2n) is 4.50. The summed E-state index contributed by atoms with van der Waals surface area (Å²) in [6.07, 6.45) is 3.90. The van der Waals surface area contributed by atoms with Gasteiger partial charge in [-0.1, -0.05) is 12.8 Å². The molecule has 0 radical (unpaired) electrons. The van der Waals surface area contributed by atoms with Gasteiger partial charge in [0.1, 0.15) is 6.54 Å². The minimum absolute atomic E-state index is 0.0502. The topological polar surface area (TPSA) is 57.6 Å². The highest BCUT2D eigenvalue weighted by atomic mass is 79.9. The van der Waals surface area contributed by atoms with E-state index in [-0.39, 0.29) is 18.5 Å². The molecule has 0 atom stereocenters. The van der Waals surface area contributed by atoms with Crippen molar-refractivity contribution < 1.29 is 14.7 Å². The SMILES string of the molecule is O=C(O)CN(C(=O)c1cc(Br)sc1Br)C1CCCC1. The third kappa shape index (κ3) is 3.58. The largest absolute Gasteiger partial charge is 0.480 e. The van der Waals surface area contributed by atoms with Gasteiger partial charge in [0.2, 0.25) is 0 Å². The zero-order valence-electron chi connectivity index (χ0n) is 10.1. The highest BCUT2D eigenvalue weighted by Gasteiger charge is 2.30. The van der Waals surface area contributed by atoms with Crippen molar-refractivity contribution in [3.8, 4) is 0 Å². The third-order valence-corrected chi connectivity index (χ3v) is 5.56. The Labute approximate surface area is 132 Å². The first kappa shape index (κ1) is 15.0. The fourth-order valence-corrected chi connectivity index (χ4v) is 5.15. The number of carbonyl (C=O) groups is 2. The summed E-state index contributed by atoms with van der Waals surface area (Å²) in [5.74, 6) is -1.17. The average Bonchev–Trinajstić information content (AvgIpc) is 2.94. The summed E-state index contributed by atoms with van der Waals surface area (Å²) in [5, 5.41) is 9.00. The van der Waals surface area contributed by atoms with Crippen LogP contribution in [0.2, 0.25) is 0 Å².